The molecule has 0 aliphatic heterocycles. The highest BCUT2D eigenvalue weighted by Gasteiger charge is 2.07. The van der Waals surface area contributed by atoms with Crippen molar-refractivity contribution in [2.45, 2.75) is 6.92 Å². The van der Waals surface area contributed by atoms with Crippen molar-refractivity contribution in [2.24, 2.45) is 0 Å². The summed E-state index contributed by atoms with van der Waals surface area (Å²) in [7, 11) is 0. The molecule has 0 saturated carbocycles. The van der Waals surface area contributed by atoms with Gasteiger partial charge in [0.25, 0.3) is 0 Å². The number of rotatable bonds is 3. The molecule has 0 aliphatic carbocycles. The molecule has 0 spiro atoms. The van der Waals surface area contributed by atoms with Crippen molar-refractivity contribution in [1.29, 1.82) is 0 Å². The van der Waals surface area contributed by atoms with Crippen molar-refractivity contribution in [3.05, 3.63) is 65.2 Å². The van der Waals surface area contributed by atoms with E-state index in [4.69, 9.17) is 16.7 Å². The second-order valence-electron chi connectivity index (χ2n) is 4.13. The van der Waals surface area contributed by atoms with Crippen molar-refractivity contribution in [2.75, 3.05) is 6.61 Å². The summed E-state index contributed by atoms with van der Waals surface area (Å²) in [6.45, 7) is 2.01. The molecule has 0 unspecified atom stereocenters. The standard InChI is InChI=1S/C16H15ClO/c1-12(9-10-18)16-11-14(17)7-8-15(16)13-5-3-2-4-6-13/h2-9,11,18H,10H2,1H3. The normalized spacial score (nSPS) is 11.6. The van der Waals surface area contributed by atoms with E-state index in [1.54, 1.807) is 6.08 Å². The Balaban J connectivity index is 2.58. The highest BCUT2D eigenvalue weighted by molar-refractivity contribution is 6.30. The molecule has 2 aromatic rings. The molecule has 0 heterocycles. The lowest BCUT2D eigenvalue weighted by atomic mass is 9.95. The zero-order valence-electron chi connectivity index (χ0n) is 10.2. The molecule has 0 fully saturated rings. The topological polar surface area (TPSA) is 20.2 Å². The minimum Gasteiger partial charge on any atom is -0.392 e. The third-order valence-corrected chi connectivity index (χ3v) is 3.12. The van der Waals surface area contributed by atoms with Crippen LogP contribution >= 0.6 is 11.6 Å². The fraction of sp³-hybridized carbons (Fsp3) is 0.125. The van der Waals surface area contributed by atoms with Crippen molar-refractivity contribution in [3.63, 3.8) is 0 Å². The smallest absolute Gasteiger partial charge is 0.0618 e. The Morgan fingerprint density at radius 2 is 1.89 bits per heavy atom. The summed E-state index contributed by atoms with van der Waals surface area (Å²) in [4.78, 5) is 0. The van der Waals surface area contributed by atoms with Crippen LogP contribution in [0.5, 0.6) is 0 Å². The first-order valence-electron chi connectivity index (χ1n) is 5.85. The summed E-state index contributed by atoms with van der Waals surface area (Å²) in [6.07, 6.45) is 1.79. The largest absolute Gasteiger partial charge is 0.392 e. The van der Waals surface area contributed by atoms with Crippen molar-refractivity contribution in [3.8, 4) is 11.1 Å². The van der Waals surface area contributed by atoms with Gasteiger partial charge >= 0.3 is 0 Å². The molecular weight excluding hydrogens is 244 g/mol. The van der Waals surface area contributed by atoms with Crippen LogP contribution in [0.3, 0.4) is 0 Å². The van der Waals surface area contributed by atoms with E-state index < -0.39 is 0 Å². The lowest BCUT2D eigenvalue weighted by molar-refractivity contribution is 0.343. The molecule has 0 aliphatic rings. The van der Waals surface area contributed by atoms with Crippen LogP contribution in [0, 0.1) is 0 Å². The second kappa shape index (κ2) is 5.85. The molecule has 0 aromatic heterocycles. The molecule has 0 atom stereocenters. The van der Waals surface area contributed by atoms with Gasteiger partial charge in [-0.25, -0.2) is 0 Å². The van der Waals surface area contributed by atoms with E-state index in [0.29, 0.717) is 5.02 Å². The fourth-order valence-corrected chi connectivity index (χ4v) is 2.13. The fourth-order valence-electron chi connectivity index (χ4n) is 1.96. The molecule has 18 heavy (non-hydrogen) atoms. The maximum Gasteiger partial charge on any atom is 0.0618 e. The lowest BCUT2D eigenvalue weighted by Gasteiger charge is -2.11. The maximum absolute atomic E-state index is 9.02. The first kappa shape index (κ1) is 12.9. The number of hydrogen-bond donors (Lipinski definition) is 1. The molecular formula is C16H15ClO. The van der Waals surface area contributed by atoms with Crippen LogP contribution in [-0.4, -0.2) is 11.7 Å². The highest BCUT2D eigenvalue weighted by Crippen LogP contribution is 2.31. The number of aliphatic hydroxyl groups excluding tert-OH is 1. The van der Waals surface area contributed by atoms with Gasteiger partial charge in [-0.3, -0.25) is 0 Å². The SMILES string of the molecule is CC(=CCO)c1cc(Cl)ccc1-c1ccccc1. The van der Waals surface area contributed by atoms with E-state index in [-0.39, 0.29) is 6.61 Å². The van der Waals surface area contributed by atoms with E-state index in [1.165, 1.54) is 0 Å². The lowest BCUT2D eigenvalue weighted by Crippen LogP contribution is -1.89. The number of aliphatic hydroxyl groups is 1. The molecule has 92 valence electrons. The van der Waals surface area contributed by atoms with Crippen molar-refractivity contribution < 1.29 is 5.11 Å². The van der Waals surface area contributed by atoms with Gasteiger partial charge in [-0.05, 0) is 41.3 Å². The van der Waals surface area contributed by atoms with E-state index >= 15 is 0 Å². The van der Waals surface area contributed by atoms with Gasteiger partial charge in [-0.15, -0.1) is 0 Å². The Hall–Kier alpha value is -1.57. The van der Waals surface area contributed by atoms with Crippen LogP contribution < -0.4 is 0 Å². The van der Waals surface area contributed by atoms with Gasteiger partial charge in [0.2, 0.25) is 0 Å². The maximum atomic E-state index is 9.02. The number of benzene rings is 2. The molecule has 0 bridgehead atoms. The van der Waals surface area contributed by atoms with E-state index in [0.717, 1.165) is 22.3 Å². The monoisotopic (exact) mass is 258 g/mol. The summed E-state index contributed by atoms with van der Waals surface area (Å²) in [5, 5.41) is 9.72. The molecule has 1 nitrogen and oxygen atoms in total. The van der Waals surface area contributed by atoms with Crippen molar-refractivity contribution in [1.82, 2.24) is 0 Å². The quantitative estimate of drug-likeness (QED) is 0.865. The minimum atomic E-state index is 0.0343. The molecule has 2 rings (SSSR count). The van der Waals surface area contributed by atoms with Gasteiger partial charge in [0.05, 0.1) is 6.61 Å². The molecule has 0 saturated heterocycles. The van der Waals surface area contributed by atoms with Crippen LogP contribution in [0.15, 0.2) is 54.6 Å². The van der Waals surface area contributed by atoms with Crippen LogP contribution in [0.25, 0.3) is 16.7 Å². The third kappa shape index (κ3) is 2.81. The summed E-state index contributed by atoms with van der Waals surface area (Å²) in [6, 6.07) is 16.0. The van der Waals surface area contributed by atoms with Gasteiger partial charge in [-0.2, -0.15) is 0 Å². The summed E-state index contributed by atoms with van der Waals surface area (Å²) < 4.78 is 0. The zero-order chi connectivity index (χ0) is 13.0. The molecule has 0 amide bonds. The Bertz CT molecular complexity index is 559. The van der Waals surface area contributed by atoms with Gasteiger partial charge in [0.15, 0.2) is 0 Å². The number of halogens is 1. The van der Waals surface area contributed by atoms with E-state index in [9.17, 15) is 0 Å². The molecule has 2 aromatic carbocycles. The van der Waals surface area contributed by atoms with Crippen molar-refractivity contribution >= 4 is 17.2 Å². The van der Waals surface area contributed by atoms with Crippen LogP contribution in [-0.2, 0) is 0 Å². The third-order valence-electron chi connectivity index (χ3n) is 2.89. The number of allylic oxidation sites excluding steroid dienone is 1. The zero-order valence-corrected chi connectivity index (χ0v) is 11.0. The van der Waals surface area contributed by atoms with Crippen LogP contribution in [0.1, 0.15) is 12.5 Å². The molecule has 1 N–H and O–H groups in total. The predicted octanol–water partition coefficient (Wildman–Crippen LogP) is 4.40. The first-order chi connectivity index (χ1) is 8.72. The molecule has 0 radical (unpaired) electrons. The summed E-state index contributed by atoms with van der Waals surface area (Å²) in [5.74, 6) is 0. The molecule has 2 heteroatoms. The summed E-state index contributed by atoms with van der Waals surface area (Å²) >= 11 is 6.06. The van der Waals surface area contributed by atoms with E-state index in [1.807, 2.05) is 43.3 Å². The summed E-state index contributed by atoms with van der Waals surface area (Å²) in [5.41, 5.74) is 4.36. The average molecular weight is 259 g/mol. The predicted molar refractivity (Wildman–Crippen MR) is 77.6 cm³/mol. The van der Waals surface area contributed by atoms with Gasteiger partial charge in [0.1, 0.15) is 0 Å². The van der Waals surface area contributed by atoms with Crippen LogP contribution in [0.4, 0.5) is 0 Å². The Morgan fingerprint density at radius 1 is 1.17 bits per heavy atom. The Labute approximate surface area is 112 Å². The van der Waals surface area contributed by atoms with Gasteiger partial charge in [-0.1, -0.05) is 54.1 Å². The number of hydrogen-bond acceptors (Lipinski definition) is 1. The average Bonchev–Trinajstić information content (AvgIpc) is 2.40. The first-order valence-corrected chi connectivity index (χ1v) is 6.23. The highest BCUT2D eigenvalue weighted by atomic mass is 35.5. The van der Waals surface area contributed by atoms with Crippen LogP contribution in [0.2, 0.25) is 5.02 Å². The van der Waals surface area contributed by atoms with Gasteiger partial charge in [0, 0.05) is 5.02 Å². The van der Waals surface area contributed by atoms with E-state index in [2.05, 4.69) is 12.1 Å². The second-order valence-corrected chi connectivity index (χ2v) is 4.56. The Morgan fingerprint density at radius 3 is 2.56 bits per heavy atom. The van der Waals surface area contributed by atoms with Gasteiger partial charge < -0.3 is 5.11 Å². The minimum absolute atomic E-state index is 0.0343. The Kier molecular flexibility index (Phi) is 4.19.